The zero-order chi connectivity index (χ0) is 16.4. The molecule has 2 fully saturated rings. The molecule has 0 spiro atoms. The first-order valence-corrected chi connectivity index (χ1v) is 8.00. The number of non-ortho nitro benzene ring substituents is 1. The van der Waals surface area contributed by atoms with E-state index in [1.54, 1.807) is 4.90 Å². The van der Waals surface area contributed by atoms with E-state index in [0.29, 0.717) is 19.1 Å². The van der Waals surface area contributed by atoms with Gasteiger partial charge < -0.3 is 10.2 Å². The highest BCUT2D eigenvalue weighted by molar-refractivity contribution is 5.95. The molecule has 1 saturated carbocycles. The Bertz CT molecular complexity index is 617. The molecule has 1 aliphatic carbocycles. The fraction of sp³-hybridized carbons (Fsp3) is 0.562. The molecule has 1 aliphatic heterocycles. The Labute approximate surface area is 146 Å². The molecule has 132 valence electrons. The number of carbonyl (C=O) groups is 1. The summed E-state index contributed by atoms with van der Waals surface area (Å²) in [5.41, 5.74) is -0.351. The summed E-state index contributed by atoms with van der Waals surface area (Å²) < 4.78 is 13.5. The van der Waals surface area contributed by atoms with Gasteiger partial charge in [-0.15, -0.1) is 12.4 Å². The quantitative estimate of drug-likeness (QED) is 0.649. The van der Waals surface area contributed by atoms with Gasteiger partial charge in [-0.3, -0.25) is 14.9 Å². The molecule has 0 unspecified atom stereocenters. The number of piperidine rings is 1. The van der Waals surface area contributed by atoms with Gasteiger partial charge in [-0.1, -0.05) is 0 Å². The maximum absolute atomic E-state index is 13.5. The Hall–Kier alpha value is -1.73. The number of nitrogens with one attached hydrogen (secondary N) is 1. The van der Waals surface area contributed by atoms with E-state index in [1.165, 1.54) is 12.8 Å². The summed E-state index contributed by atoms with van der Waals surface area (Å²) in [5.74, 6) is -0.278. The molecule has 1 saturated heterocycles. The minimum absolute atomic E-state index is 0. The summed E-state index contributed by atoms with van der Waals surface area (Å²) in [6, 6.07) is 3.45. The van der Waals surface area contributed by atoms with Crippen LogP contribution in [0, 0.1) is 21.8 Å². The lowest BCUT2D eigenvalue weighted by Crippen LogP contribution is -2.45. The largest absolute Gasteiger partial charge is 0.339 e. The number of halogens is 2. The number of rotatable bonds is 5. The molecule has 3 rings (SSSR count). The van der Waals surface area contributed by atoms with Crippen LogP contribution < -0.4 is 5.32 Å². The van der Waals surface area contributed by atoms with Gasteiger partial charge in [0.05, 0.1) is 11.0 Å². The van der Waals surface area contributed by atoms with Crippen molar-refractivity contribution in [2.24, 2.45) is 5.92 Å². The molecule has 0 bridgehead atoms. The second-order valence-electron chi connectivity index (χ2n) is 6.37. The van der Waals surface area contributed by atoms with Crippen LogP contribution in [0.2, 0.25) is 0 Å². The van der Waals surface area contributed by atoms with Crippen molar-refractivity contribution in [3.05, 3.63) is 39.7 Å². The van der Waals surface area contributed by atoms with Crippen LogP contribution >= 0.6 is 12.4 Å². The highest BCUT2D eigenvalue weighted by Gasteiger charge is 2.27. The van der Waals surface area contributed by atoms with E-state index in [2.05, 4.69) is 5.32 Å². The monoisotopic (exact) mass is 357 g/mol. The topological polar surface area (TPSA) is 75.5 Å². The molecule has 0 radical (unpaired) electrons. The van der Waals surface area contributed by atoms with Gasteiger partial charge in [0, 0.05) is 30.8 Å². The third-order valence-electron chi connectivity index (χ3n) is 4.51. The zero-order valence-electron chi connectivity index (χ0n) is 13.2. The predicted octanol–water partition coefficient (Wildman–Crippen LogP) is 2.76. The summed E-state index contributed by atoms with van der Waals surface area (Å²) in [5, 5.41) is 14.3. The minimum Gasteiger partial charge on any atom is -0.339 e. The SMILES string of the molecule is Cl.O=C(c1cc(F)cc([N+](=O)[O-])c1)N1CCC(NCC2CC2)CC1. The van der Waals surface area contributed by atoms with Crippen LogP contribution in [0.25, 0.3) is 0 Å². The van der Waals surface area contributed by atoms with Gasteiger partial charge in [-0.05, 0) is 44.2 Å². The normalized spacial score (nSPS) is 18.1. The molecular formula is C16H21ClFN3O3. The summed E-state index contributed by atoms with van der Waals surface area (Å²) >= 11 is 0. The zero-order valence-corrected chi connectivity index (χ0v) is 14.1. The summed E-state index contributed by atoms with van der Waals surface area (Å²) in [6.07, 6.45) is 4.33. The highest BCUT2D eigenvalue weighted by Crippen LogP contribution is 2.28. The molecule has 1 amide bonds. The smallest absolute Gasteiger partial charge is 0.273 e. The van der Waals surface area contributed by atoms with Crippen molar-refractivity contribution in [2.45, 2.75) is 31.7 Å². The Morgan fingerprint density at radius 3 is 2.50 bits per heavy atom. The van der Waals surface area contributed by atoms with E-state index in [0.717, 1.165) is 43.5 Å². The van der Waals surface area contributed by atoms with Gasteiger partial charge in [0.2, 0.25) is 0 Å². The molecule has 1 heterocycles. The van der Waals surface area contributed by atoms with Crippen molar-refractivity contribution < 1.29 is 14.1 Å². The summed E-state index contributed by atoms with van der Waals surface area (Å²) in [7, 11) is 0. The molecule has 24 heavy (non-hydrogen) atoms. The Morgan fingerprint density at radius 2 is 1.92 bits per heavy atom. The number of nitro benzene ring substituents is 1. The van der Waals surface area contributed by atoms with Gasteiger partial charge in [0.15, 0.2) is 0 Å². The van der Waals surface area contributed by atoms with E-state index >= 15 is 0 Å². The lowest BCUT2D eigenvalue weighted by molar-refractivity contribution is -0.385. The average molecular weight is 358 g/mol. The lowest BCUT2D eigenvalue weighted by atomic mass is 10.0. The molecule has 1 aromatic carbocycles. The van der Waals surface area contributed by atoms with Gasteiger partial charge in [-0.25, -0.2) is 4.39 Å². The Balaban J connectivity index is 0.00000208. The van der Waals surface area contributed by atoms with Gasteiger partial charge in [-0.2, -0.15) is 0 Å². The molecule has 1 N–H and O–H groups in total. The van der Waals surface area contributed by atoms with Crippen LogP contribution in [0.4, 0.5) is 10.1 Å². The van der Waals surface area contributed by atoms with E-state index in [9.17, 15) is 19.3 Å². The molecule has 0 aromatic heterocycles. The van der Waals surface area contributed by atoms with Gasteiger partial charge >= 0.3 is 0 Å². The van der Waals surface area contributed by atoms with Crippen molar-refractivity contribution in [2.75, 3.05) is 19.6 Å². The summed E-state index contributed by atoms with van der Waals surface area (Å²) in [4.78, 5) is 24.2. The van der Waals surface area contributed by atoms with Crippen LogP contribution in [-0.2, 0) is 0 Å². The van der Waals surface area contributed by atoms with Crippen molar-refractivity contribution in [1.29, 1.82) is 0 Å². The first kappa shape index (κ1) is 18.6. The molecular weight excluding hydrogens is 337 g/mol. The first-order valence-electron chi connectivity index (χ1n) is 8.00. The fourth-order valence-corrected chi connectivity index (χ4v) is 2.93. The standard InChI is InChI=1S/C16H20FN3O3.ClH/c17-13-7-12(8-15(9-13)20(22)23)16(21)19-5-3-14(4-6-19)18-10-11-1-2-11;/h7-9,11,14,18H,1-6,10H2;1H. The maximum Gasteiger partial charge on any atom is 0.273 e. The van der Waals surface area contributed by atoms with E-state index in [1.807, 2.05) is 0 Å². The predicted molar refractivity (Wildman–Crippen MR) is 90.0 cm³/mol. The van der Waals surface area contributed by atoms with Gasteiger partial charge in [0.25, 0.3) is 11.6 Å². The number of hydrogen-bond acceptors (Lipinski definition) is 4. The Kier molecular flexibility index (Phi) is 6.12. The Morgan fingerprint density at radius 1 is 1.25 bits per heavy atom. The fourth-order valence-electron chi connectivity index (χ4n) is 2.93. The number of nitro groups is 1. The van der Waals surface area contributed by atoms with Crippen LogP contribution in [0.1, 0.15) is 36.0 Å². The maximum atomic E-state index is 13.5. The molecule has 8 heteroatoms. The second kappa shape index (κ2) is 7.90. The third kappa shape index (κ3) is 4.64. The summed E-state index contributed by atoms with van der Waals surface area (Å²) in [6.45, 7) is 2.23. The molecule has 1 aromatic rings. The number of amides is 1. The number of hydrogen-bond donors (Lipinski definition) is 1. The number of benzene rings is 1. The molecule has 6 nitrogen and oxygen atoms in total. The lowest BCUT2D eigenvalue weighted by Gasteiger charge is -2.32. The van der Waals surface area contributed by atoms with Crippen molar-refractivity contribution in [1.82, 2.24) is 10.2 Å². The van der Waals surface area contributed by atoms with Crippen LogP contribution in [0.3, 0.4) is 0 Å². The third-order valence-corrected chi connectivity index (χ3v) is 4.51. The second-order valence-corrected chi connectivity index (χ2v) is 6.37. The molecule has 0 atom stereocenters. The number of nitrogens with zero attached hydrogens (tertiary/aromatic N) is 2. The van der Waals surface area contributed by atoms with Crippen LogP contribution in [0.15, 0.2) is 18.2 Å². The number of likely N-dealkylation sites (tertiary alicyclic amines) is 1. The van der Waals surface area contributed by atoms with Gasteiger partial charge in [0.1, 0.15) is 5.82 Å². The van der Waals surface area contributed by atoms with E-state index in [-0.39, 0.29) is 23.9 Å². The van der Waals surface area contributed by atoms with E-state index in [4.69, 9.17) is 0 Å². The van der Waals surface area contributed by atoms with Crippen molar-refractivity contribution in [3.8, 4) is 0 Å². The molecule has 2 aliphatic rings. The number of carbonyl (C=O) groups excluding carboxylic acids is 1. The average Bonchev–Trinajstić information content (AvgIpc) is 3.36. The highest BCUT2D eigenvalue weighted by atomic mass is 35.5. The van der Waals surface area contributed by atoms with Crippen LogP contribution in [-0.4, -0.2) is 41.4 Å². The minimum atomic E-state index is -0.761. The van der Waals surface area contributed by atoms with E-state index < -0.39 is 16.4 Å². The first-order chi connectivity index (χ1) is 11.0. The van der Waals surface area contributed by atoms with Crippen molar-refractivity contribution >= 4 is 24.0 Å². The van der Waals surface area contributed by atoms with Crippen molar-refractivity contribution in [3.63, 3.8) is 0 Å². The van der Waals surface area contributed by atoms with Crippen LogP contribution in [0.5, 0.6) is 0 Å².